The summed E-state index contributed by atoms with van der Waals surface area (Å²) in [7, 11) is 1.36. The second kappa shape index (κ2) is 6.55. The van der Waals surface area contributed by atoms with Crippen LogP contribution in [0, 0.1) is 0 Å². The van der Waals surface area contributed by atoms with Crippen molar-refractivity contribution in [1.29, 1.82) is 0 Å². The SMILES string of the molecule is COC(=O)c1cc(C2CCN(CC3OCCO3)CC2)[nH]n1. The Hall–Kier alpha value is -1.44. The molecule has 0 radical (unpaired) electrons. The molecule has 0 aliphatic carbocycles. The molecule has 21 heavy (non-hydrogen) atoms. The minimum absolute atomic E-state index is 0.0698. The minimum Gasteiger partial charge on any atom is -0.464 e. The first-order valence-corrected chi connectivity index (χ1v) is 7.35. The molecule has 2 aliphatic rings. The van der Waals surface area contributed by atoms with Crippen molar-refractivity contribution in [3.8, 4) is 0 Å². The van der Waals surface area contributed by atoms with Gasteiger partial charge in [0.2, 0.25) is 0 Å². The molecular formula is C14H21N3O4. The van der Waals surface area contributed by atoms with E-state index in [1.165, 1.54) is 7.11 Å². The number of likely N-dealkylation sites (tertiary alicyclic amines) is 1. The second-order valence-corrected chi connectivity index (χ2v) is 5.45. The lowest BCUT2D eigenvalue weighted by Crippen LogP contribution is -2.38. The third-order valence-electron chi connectivity index (χ3n) is 4.12. The van der Waals surface area contributed by atoms with Crippen LogP contribution in [0.3, 0.4) is 0 Å². The molecule has 3 heterocycles. The molecule has 7 nitrogen and oxygen atoms in total. The van der Waals surface area contributed by atoms with E-state index in [2.05, 4.69) is 19.8 Å². The van der Waals surface area contributed by atoms with Crippen LogP contribution in [-0.2, 0) is 14.2 Å². The number of aromatic nitrogens is 2. The zero-order chi connectivity index (χ0) is 14.7. The molecule has 0 amide bonds. The number of hydrogen-bond donors (Lipinski definition) is 1. The zero-order valence-corrected chi connectivity index (χ0v) is 12.2. The van der Waals surface area contributed by atoms with Crippen LogP contribution in [0.25, 0.3) is 0 Å². The molecule has 0 bridgehead atoms. The maximum absolute atomic E-state index is 11.4. The van der Waals surface area contributed by atoms with Gasteiger partial charge in [0.25, 0.3) is 0 Å². The van der Waals surface area contributed by atoms with Crippen molar-refractivity contribution >= 4 is 5.97 Å². The van der Waals surface area contributed by atoms with Gasteiger partial charge in [-0.05, 0) is 32.0 Å². The Bertz CT molecular complexity index is 476. The number of nitrogens with one attached hydrogen (secondary N) is 1. The van der Waals surface area contributed by atoms with Gasteiger partial charge in [-0.3, -0.25) is 10.00 Å². The monoisotopic (exact) mass is 295 g/mol. The summed E-state index contributed by atoms with van der Waals surface area (Å²) < 4.78 is 15.6. The maximum Gasteiger partial charge on any atom is 0.358 e. The van der Waals surface area contributed by atoms with Gasteiger partial charge in [0.05, 0.1) is 20.3 Å². The molecule has 0 aromatic carbocycles. The van der Waals surface area contributed by atoms with Crippen molar-refractivity contribution in [1.82, 2.24) is 15.1 Å². The van der Waals surface area contributed by atoms with E-state index >= 15 is 0 Å². The van der Waals surface area contributed by atoms with Crippen LogP contribution < -0.4 is 0 Å². The number of aromatic amines is 1. The van der Waals surface area contributed by atoms with E-state index in [4.69, 9.17) is 9.47 Å². The van der Waals surface area contributed by atoms with E-state index in [1.807, 2.05) is 0 Å². The van der Waals surface area contributed by atoms with Crippen LogP contribution >= 0.6 is 0 Å². The first kappa shape index (κ1) is 14.5. The van der Waals surface area contributed by atoms with Crippen LogP contribution in [0.15, 0.2) is 6.07 Å². The lowest BCUT2D eigenvalue weighted by molar-refractivity contribution is -0.0648. The molecule has 1 N–H and O–H groups in total. The summed E-state index contributed by atoms with van der Waals surface area (Å²) in [6.07, 6.45) is 2.00. The van der Waals surface area contributed by atoms with Crippen molar-refractivity contribution in [2.75, 3.05) is 40.0 Å². The van der Waals surface area contributed by atoms with Crippen LogP contribution in [0.4, 0.5) is 0 Å². The summed E-state index contributed by atoms with van der Waals surface area (Å²) in [4.78, 5) is 13.8. The van der Waals surface area contributed by atoms with Gasteiger partial charge in [-0.2, -0.15) is 5.10 Å². The van der Waals surface area contributed by atoms with Gasteiger partial charge in [0, 0.05) is 18.2 Å². The summed E-state index contributed by atoms with van der Waals surface area (Å²) in [5.74, 6) is 0.0167. The number of rotatable bonds is 4. The van der Waals surface area contributed by atoms with E-state index in [0.717, 1.165) is 38.2 Å². The van der Waals surface area contributed by atoms with E-state index < -0.39 is 5.97 Å². The number of nitrogens with zero attached hydrogens (tertiary/aromatic N) is 2. The van der Waals surface area contributed by atoms with Crippen LogP contribution in [0.5, 0.6) is 0 Å². The lowest BCUT2D eigenvalue weighted by Gasteiger charge is -2.32. The Kier molecular flexibility index (Phi) is 4.52. The number of piperidine rings is 1. The van der Waals surface area contributed by atoms with Gasteiger partial charge in [-0.15, -0.1) is 0 Å². The topological polar surface area (TPSA) is 76.7 Å². The third-order valence-corrected chi connectivity index (χ3v) is 4.12. The van der Waals surface area contributed by atoms with Gasteiger partial charge in [0.15, 0.2) is 12.0 Å². The van der Waals surface area contributed by atoms with Gasteiger partial charge < -0.3 is 14.2 Å². The van der Waals surface area contributed by atoms with E-state index in [0.29, 0.717) is 24.8 Å². The van der Waals surface area contributed by atoms with E-state index in [1.54, 1.807) is 6.07 Å². The third kappa shape index (κ3) is 3.42. The number of carbonyl (C=O) groups is 1. The highest BCUT2D eigenvalue weighted by Gasteiger charge is 2.26. The quantitative estimate of drug-likeness (QED) is 0.826. The largest absolute Gasteiger partial charge is 0.464 e. The molecule has 2 saturated heterocycles. The van der Waals surface area contributed by atoms with E-state index in [-0.39, 0.29) is 6.29 Å². The molecule has 116 valence electrons. The first-order valence-electron chi connectivity index (χ1n) is 7.35. The molecule has 0 spiro atoms. The van der Waals surface area contributed by atoms with Crippen molar-refractivity contribution in [2.45, 2.75) is 25.0 Å². The van der Waals surface area contributed by atoms with Crippen molar-refractivity contribution in [3.63, 3.8) is 0 Å². The highest BCUT2D eigenvalue weighted by Crippen LogP contribution is 2.27. The van der Waals surface area contributed by atoms with Gasteiger partial charge in [0.1, 0.15) is 0 Å². The number of hydrogen-bond acceptors (Lipinski definition) is 6. The molecule has 0 saturated carbocycles. The van der Waals surface area contributed by atoms with Crippen LogP contribution in [-0.4, -0.2) is 67.3 Å². The van der Waals surface area contributed by atoms with Gasteiger partial charge >= 0.3 is 5.97 Å². The predicted molar refractivity (Wildman–Crippen MR) is 74.0 cm³/mol. The normalized spacial score (nSPS) is 21.8. The molecule has 1 aromatic rings. The molecule has 3 rings (SSSR count). The van der Waals surface area contributed by atoms with Gasteiger partial charge in [-0.1, -0.05) is 0 Å². The number of H-pyrrole nitrogens is 1. The maximum atomic E-state index is 11.4. The van der Waals surface area contributed by atoms with Crippen molar-refractivity contribution in [3.05, 3.63) is 17.5 Å². The van der Waals surface area contributed by atoms with Gasteiger partial charge in [-0.25, -0.2) is 4.79 Å². The summed E-state index contributed by atoms with van der Waals surface area (Å²) in [5.41, 5.74) is 1.37. The Morgan fingerprint density at radius 1 is 1.43 bits per heavy atom. The summed E-state index contributed by atoms with van der Waals surface area (Å²) in [5, 5.41) is 6.97. The molecule has 2 aliphatic heterocycles. The molecule has 2 fully saturated rings. The smallest absolute Gasteiger partial charge is 0.358 e. The Balaban J connectivity index is 1.50. The highest BCUT2D eigenvalue weighted by molar-refractivity contribution is 5.87. The summed E-state index contributed by atoms with van der Waals surface area (Å²) in [6, 6.07) is 1.80. The molecule has 1 aromatic heterocycles. The Morgan fingerprint density at radius 2 is 2.14 bits per heavy atom. The Morgan fingerprint density at radius 3 is 2.81 bits per heavy atom. The number of carbonyl (C=O) groups excluding carboxylic acids is 1. The Labute approximate surface area is 123 Å². The van der Waals surface area contributed by atoms with Crippen molar-refractivity contribution < 1.29 is 19.0 Å². The molecule has 0 atom stereocenters. The second-order valence-electron chi connectivity index (χ2n) is 5.45. The molecule has 0 unspecified atom stereocenters. The van der Waals surface area contributed by atoms with Crippen LogP contribution in [0.1, 0.15) is 34.9 Å². The average Bonchev–Trinajstić information content (AvgIpc) is 3.18. The summed E-state index contributed by atoms with van der Waals surface area (Å²) in [6.45, 7) is 4.24. The fourth-order valence-corrected chi connectivity index (χ4v) is 2.90. The van der Waals surface area contributed by atoms with Crippen molar-refractivity contribution in [2.24, 2.45) is 0 Å². The predicted octanol–water partition coefficient (Wildman–Crippen LogP) is 0.749. The molecule has 7 heteroatoms. The zero-order valence-electron chi connectivity index (χ0n) is 12.2. The van der Waals surface area contributed by atoms with E-state index in [9.17, 15) is 4.79 Å². The first-order chi connectivity index (χ1) is 10.3. The number of esters is 1. The standard InChI is InChI=1S/C14H21N3O4/c1-19-14(18)12-8-11(15-16-12)10-2-4-17(5-3-10)9-13-20-6-7-21-13/h8,10,13H,2-7,9H2,1H3,(H,15,16). The lowest BCUT2D eigenvalue weighted by atomic mass is 9.93. The highest BCUT2D eigenvalue weighted by atomic mass is 16.7. The molecular weight excluding hydrogens is 274 g/mol. The van der Waals surface area contributed by atoms with Crippen LogP contribution in [0.2, 0.25) is 0 Å². The average molecular weight is 295 g/mol. The minimum atomic E-state index is -0.398. The fourth-order valence-electron chi connectivity index (χ4n) is 2.90. The fraction of sp³-hybridized carbons (Fsp3) is 0.714. The summed E-state index contributed by atoms with van der Waals surface area (Å²) >= 11 is 0. The number of methoxy groups -OCH3 is 1. The number of ether oxygens (including phenoxy) is 3.